The Morgan fingerprint density at radius 3 is 2.58 bits per heavy atom. The molecule has 1 aliphatic carbocycles. The van der Waals surface area contributed by atoms with Gasteiger partial charge in [0, 0.05) is 12.1 Å². The second-order valence-electron chi connectivity index (χ2n) is 5.76. The lowest BCUT2D eigenvalue weighted by molar-refractivity contribution is 0.128. The van der Waals surface area contributed by atoms with Gasteiger partial charge in [-0.25, -0.2) is 0 Å². The molecular formula is C17H27NO. The van der Waals surface area contributed by atoms with E-state index in [0.29, 0.717) is 6.10 Å². The van der Waals surface area contributed by atoms with Gasteiger partial charge in [-0.05, 0) is 51.1 Å². The van der Waals surface area contributed by atoms with Crippen LogP contribution in [0.15, 0.2) is 18.2 Å². The zero-order valence-corrected chi connectivity index (χ0v) is 12.5. The minimum atomic E-state index is 0.416. The first-order valence-corrected chi connectivity index (χ1v) is 7.64. The Bertz CT molecular complexity index is 394. The Balaban J connectivity index is 2.02. The van der Waals surface area contributed by atoms with E-state index in [2.05, 4.69) is 37.4 Å². The van der Waals surface area contributed by atoms with E-state index >= 15 is 0 Å². The molecule has 2 rings (SSSR count). The number of hydrogen-bond donors (Lipinski definition) is 1. The van der Waals surface area contributed by atoms with Crippen LogP contribution in [0.2, 0.25) is 0 Å². The number of para-hydroxylation sites is 1. The fourth-order valence-electron chi connectivity index (χ4n) is 3.04. The summed E-state index contributed by atoms with van der Waals surface area (Å²) in [5.74, 6) is 2.03. The molecule has 0 aliphatic heterocycles. The fraction of sp³-hybridized carbons (Fsp3) is 0.647. The van der Waals surface area contributed by atoms with Crippen LogP contribution in [-0.4, -0.2) is 13.2 Å². The summed E-state index contributed by atoms with van der Waals surface area (Å²) in [6.45, 7) is 5.33. The van der Waals surface area contributed by atoms with Crippen LogP contribution in [0.1, 0.15) is 50.2 Å². The van der Waals surface area contributed by atoms with E-state index in [1.54, 1.807) is 0 Å². The summed E-state index contributed by atoms with van der Waals surface area (Å²) in [4.78, 5) is 0. The second kappa shape index (κ2) is 6.95. The van der Waals surface area contributed by atoms with E-state index in [0.717, 1.165) is 18.2 Å². The van der Waals surface area contributed by atoms with Gasteiger partial charge in [0.1, 0.15) is 5.75 Å². The molecule has 1 saturated carbocycles. The van der Waals surface area contributed by atoms with E-state index in [-0.39, 0.29) is 0 Å². The van der Waals surface area contributed by atoms with E-state index in [1.165, 1.54) is 43.2 Å². The van der Waals surface area contributed by atoms with Gasteiger partial charge >= 0.3 is 0 Å². The van der Waals surface area contributed by atoms with E-state index in [4.69, 9.17) is 4.74 Å². The van der Waals surface area contributed by atoms with Crippen LogP contribution in [0, 0.1) is 12.8 Å². The van der Waals surface area contributed by atoms with Gasteiger partial charge in [0.25, 0.3) is 0 Å². The van der Waals surface area contributed by atoms with Crippen molar-refractivity contribution in [3.8, 4) is 5.75 Å². The molecule has 0 radical (unpaired) electrons. The van der Waals surface area contributed by atoms with Crippen molar-refractivity contribution < 1.29 is 4.74 Å². The zero-order chi connectivity index (χ0) is 13.7. The van der Waals surface area contributed by atoms with Gasteiger partial charge in [0.05, 0.1) is 6.10 Å². The molecule has 0 unspecified atom stereocenters. The van der Waals surface area contributed by atoms with Crippen LogP contribution in [0.4, 0.5) is 0 Å². The third kappa shape index (κ3) is 3.73. The standard InChI is InChI=1S/C17H27NO/c1-4-14-8-10-16(11-9-14)19-17-13(2)6-5-7-15(17)12-18-3/h5-7,14,16,18H,4,8-12H2,1-3H3. The number of benzene rings is 1. The van der Waals surface area contributed by atoms with E-state index in [1.807, 2.05) is 7.05 Å². The highest BCUT2D eigenvalue weighted by atomic mass is 16.5. The SMILES string of the molecule is CCC1CCC(Oc2c(C)cccc2CNC)CC1. The molecule has 0 bridgehead atoms. The highest BCUT2D eigenvalue weighted by molar-refractivity contribution is 5.40. The van der Waals surface area contributed by atoms with Crippen molar-refractivity contribution in [2.24, 2.45) is 5.92 Å². The van der Waals surface area contributed by atoms with Crippen LogP contribution in [0.3, 0.4) is 0 Å². The van der Waals surface area contributed by atoms with Gasteiger partial charge < -0.3 is 10.1 Å². The molecule has 106 valence electrons. The minimum absolute atomic E-state index is 0.416. The molecule has 0 amide bonds. The lowest BCUT2D eigenvalue weighted by Crippen LogP contribution is -2.25. The summed E-state index contributed by atoms with van der Waals surface area (Å²) in [6.07, 6.45) is 6.82. The molecule has 1 aromatic carbocycles. The third-order valence-electron chi connectivity index (χ3n) is 4.32. The molecule has 1 N–H and O–H groups in total. The molecule has 0 spiro atoms. The van der Waals surface area contributed by atoms with Crippen molar-refractivity contribution in [2.75, 3.05) is 7.05 Å². The summed E-state index contributed by atoms with van der Waals surface area (Å²) in [5, 5.41) is 3.23. The fourth-order valence-corrected chi connectivity index (χ4v) is 3.04. The average Bonchev–Trinajstić information content (AvgIpc) is 2.44. The number of hydrogen-bond acceptors (Lipinski definition) is 2. The molecule has 1 aromatic rings. The third-order valence-corrected chi connectivity index (χ3v) is 4.32. The lowest BCUT2D eigenvalue weighted by atomic mass is 9.86. The van der Waals surface area contributed by atoms with Gasteiger partial charge in [0.15, 0.2) is 0 Å². The number of ether oxygens (including phenoxy) is 1. The van der Waals surface area contributed by atoms with Crippen molar-refractivity contribution in [3.05, 3.63) is 29.3 Å². The lowest BCUT2D eigenvalue weighted by Gasteiger charge is -2.29. The quantitative estimate of drug-likeness (QED) is 0.863. The molecular weight excluding hydrogens is 234 g/mol. The Kier molecular flexibility index (Phi) is 5.26. The Labute approximate surface area is 117 Å². The maximum absolute atomic E-state index is 6.32. The highest BCUT2D eigenvalue weighted by Gasteiger charge is 2.22. The zero-order valence-electron chi connectivity index (χ0n) is 12.5. The molecule has 0 saturated heterocycles. The molecule has 0 atom stereocenters. The average molecular weight is 261 g/mol. The maximum atomic E-state index is 6.32. The molecule has 19 heavy (non-hydrogen) atoms. The Hall–Kier alpha value is -1.02. The first-order valence-electron chi connectivity index (χ1n) is 7.64. The van der Waals surface area contributed by atoms with Crippen molar-refractivity contribution in [1.29, 1.82) is 0 Å². The predicted molar refractivity (Wildman–Crippen MR) is 80.6 cm³/mol. The number of nitrogens with one attached hydrogen (secondary N) is 1. The summed E-state index contributed by atoms with van der Waals surface area (Å²) < 4.78 is 6.32. The second-order valence-corrected chi connectivity index (χ2v) is 5.76. The summed E-state index contributed by atoms with van der Waals surface area (Å²) in [6, 6.07) is 6.42. The maximum Gasteiger partial charge on any atom is 0.127 e. The van der Waals surface area contributed by atoms with E-state index in [9.17, 15) is 0 Å². The minimum Gasteiger partial charge on any atom is -0.490 e. The molecule has 1 fully saturated rings. The summed E-state index contributed by atoms with van der Waals surface area (Å²) in [7, 11) is 1.98. The largest absolute Gasteiger partial charge is 0.490 e. The Morgan fingerprint density at radius 1 is 1.21 bits per heavy atom. The van der Waals surface area contributed by atoms with Crippen LogP contribution in [0.5, 0.6) is 5.75 Å². The van der Waals surface area contributed by atoms with E-state index < -0.39 is 0 Å². The van der Waals surface area contributed by atoms with Crippen molar-refractivity contribution in [2.45, 2.75) is 58.6 Å². The van der Waals surface area contributed by atoms with Crippen molar-refractivity contribution in [3.63, 3.8) is 0 Å². The smallest absolute Gasteiger partial charge is 0.127 e. The van der Waals surface area contributed by atoms with Gasteiger partial charge in [-0.1, -0.05) is 31.5 Å². The number of aryl methyl sites for hydroxylation is 1. The first kappa shape index (κ1) is 14.4. The Morgan fingerprint density at radius 2 is 1.95 bits per heavy atom. The van der Waals surface area contributed by atoms with Gasteiger partial charge in [-0.2, -0.15) is 0 Å². The van der Waals surface area contributed by atoms with Crippen LogP contribution < -0.4 is 10.1 Å². The molecule has 0 aromatic heterocycles. The van der Waals surface area contributed by atoms with Crippen molar-refractivity contribution >= 4 is 0 Å². The van der Waals surface area contributed by atoms with Crippen LogP contribution in [0.25, 0.3) is 0 Å². The topological polar surface area (TPSA) is 21.3 Å². The monoisotopic (exact) mass is 261 g/mol. The predicted octanol–water partition coefficient (Wildman–Crippen LogP) is 4.06. The number of rotatable bonds is 5. The van der Waals surface area contributed by atoms with Gasteiger partial charge in [-0.15, -0.1) is 0 Å². The molecule has 2 heteroatoms. The first-order chi connectivity index (χ1) is 9.24. The van der Waals surface area contributed by atoms with Crippen molar-refractivity contribution in [1.82, 2.24) is 5.32 Å². The molecule has 1 aliphatic rings. The summed E-state index contributed by atoms with van der Waals surface area (Å²) in [5.41, 5.74) is 2.53. The molecule has 0 heterocycles. The normalized spacial score (nSPS) is 23.3. The highest BCUT2D eigenvalue weighted by Crippen LogP contribution is 2.32. The van der Waals surface area contributed by atoms with Gasteiger partial charge in [0.2, 0.25) is 0 Å². The van der Waals surface area contributed by atoms with Gasteiger partial charge in [-0.3, -0.25) is 0 Å². The summed E-state index contributed by atoms with van der Waals surface area (Å²) >= 11 is 0. The van der Waals surface area contributed by atoms with Crippen LogP contribution >= 0.6 is 0 Å². The molecule has 2 nitrogen and oxygen atoms in total. The van der Waals surface area contributed by atoms with Crippen LogP contribution in [-0.2, 0) is 6.54 Å².